The molecular formula is C30H28ClN5OS. The third kappa shape index (κ3) is 4.10. The van der Waals surface area contributed by atoms with E-state index in [0.717, 1.165) is 78.6 Å². The Bertz CT molecular complexity index is 1570. The number of pyridine rings is 1. The largest absolute Gasteiger partial charge is 0.378 e. The molecule has 0 bridgehead atoms. The topological polar surface area (TPSA) is 55.2 Å². The van der Waals surface area contributed by atoms with E-state index in [1.54, 1.807) is 11.3 Å². The number of hydrogen-bond acceptors (Lipinski definition) is 6. The van der Waals surface area contributed by atoms with Crippen molar-refractivity contribution in [2.24, 2.45) is 0 Å². The van der Waals surface area contributed by atoms with Gasteiger partial charge in [-0.2, -0.15) is 11.3 Å². The highest BCUT2D eigenvalue weighted by molar-refractivity contribution is 7.08. The average molecular weight is 542 g/mol. The van der Waals surface area contributed by atoms with Crippen LogP contribution in [0.4, 0.5) is 5.69 Å². The summed E-state index contributed by atoms with van der Waals surface area (Å²) in [6, 6.07) is 23.6. The van der Waals surface area contributed by atoms with Gasteiger partial charge in [-0.25, -0.2) is 14.8 Å². The van der Waals surface area contributed by atoms with E-state index in [-0.39, 0.29) is 5.54 Å². The number of rotatable bonds is 6. The Morgan fingerprint density at radius 2 is 1.74 bits per heavy atom. The first kappa shape index (κ1) is 23.9. The molecule has 8 heteroatoms. The second-order valence-electron chi connectivity index (χ2n) is 10.0. The molecule has 1 saturated carbocycles. The van der Waals surface area contributed by atoms with Crippen LogP contribution in [0.3, 0.4) is 0 Å². The van der Waals surface area contributed by atoms with Crippen molar-refractivity contribution in [1.82, 2.24) is 19.4 Å². The molecule has 4 heterocycles. The van der Waals surface area contributed by atoms with Crippen molar-refractivity contribution in [3.05, 3.63) is 83.1 Å². The van der Waals surface area contributed by atoms with E-state index < -0.39 is 0 Å². The lowest BCUT2D eigenvalue weighted by molar-refractivity contribution is 0.122. The summed E-state index contributed by atoms with van der Waals surface area (Å²) in [6.45, 7) is 3.34. The molecule has 1 saturated heterocycles. The van der Waals surface area contributed by atoms with Gasteiger partial charge in [-0.15, -0.1) is 0 Å². The third-order valence-corrected chi connectivity index (χ3v) is 8.91. The zero-order valence-electron chi connectivity index (χ0n) is 20.9. The zero-order valence-corrected chi connectivity index (χ0v) is 22.5. The lowest BCUT2D eigenvalue weighted by Crippen LogP contribution is -2.43. The molecule has 0 radical (unpaired) electrons. The van der Waals surface area contributed by atoms with E-state index in [0.29, 0.717) is 0 Å². The molecule has 0 atom stereocenters. The van der Waals surface area contributed by atoms with Gasteiger partial charge in [0.1, 0.15) is 11.3 Å². The summed E-state index contributed by atoms with van der Waals surface area (Å²) >= 11 is 7.83. The minimum Gasteiger partial charge on any atom is -0.378 e. The molecule has 1 N–H and O–H groups in total. The predicted octanol–water partition coefficient (Wildman–Crippen LogP) is 6.78. The SMILES string of the molecule is ClNC1(c2ccc(-n3c(-c4ccsc4)nc4ccc(-c5cccc(N6CCOCC6)c5)nc43)cc2)CCC1. The Hall–Kier alpha value is -3.23. The second kappa shape index (κ2) is 9.82. The molecule has 2 aromatic carbocycles. The van der Waals surface area contributed by atoms with Gasteiger partial charge in [0.25, 0.3) is 0 Å². The van der Waals surface area contributed by atoms with Gasteiger partial charge in [0.2, 0.25) is 0 Å². The molecule has 1 aliphatic heterocycles. The van der Waals surface area contributed by atoms with E-state index in [1.807, 2.05) is 0 Å². The van der Waals surface area contributed by atoms with Crippen LogP contribution in [0.1, 0.15) is 24.8 Å². The number of hydrogen-bond donors (Lipinski definition) is 1. The summed E-state index contributed by atoms with van der Waals surface area (Å²) in [7, 11) is 0. The lowest BCUT2D eigenvalue weighted by Gasteiger charge is -2.41. The first-order chi connectivity index (χ1) is 18.7. The van der Waals surface area contributed by atoms with Gasteiger partial charge in [0, 0.05) is 41.0 Å². The monoisotopic (exact) mass is 541 g/mol. The van der Waals surface area contributed by atoms with Crippen LogP contribution in [0.5, 0.6) is 0 Å². The van der Waals surface area contributed by atoms with Crippen molar-refractivity contribution in [1.29, 1.82) is 0 Å². The van der Waals surface area contributed by atoms with Crippen LogP contribution in [-0.2, 0) is 10.3 Å². The Kier molecular flexibility index (Phi) is 6.16. The van der Waals surface area contributed by atoms with E-state index in [9.17, 15) is 0 Å². The Labute approximate surface area is 231 Å². The number of benzene rings is 2. The molecule has 38 heavy (non-hydrogen) atoms. The number of thiophene rings is 1. The van der Waals surface area contributed by atoms with Crippen LogP contribution in [0, 0.1) is 0 Å². The fourth-order valence-electron chi connectivity index (χ4n) is 5.53. The summed E-state index contributed by atoms with van der Waals surface area (Å²) in [5.41, 5.74) is 8.18. The number of morpholine rings is 1. The van der Waals surface area contributed by atoms with E-state index in [1.165, 1.54) is 17.7 Å². The fraction of sp³-hybridized carbons (Fsp3) is 0.267. The fourth-order valence-corrected chi connectivity index (χ4v) is 6.46. The first-order valence-corrected chi connectivity index (χ1v) is 14.4. The highest BCUT2D eigenvalue weighted by Crippen LogP contribution is 2.42. The van der Waals surface area contributed by atoms with E-state index in [4.69, 9.17) is 26.5 Å². The van der Waals surface area contributed by atoms with Gasteiger partial charge in [0.15, 0.2) is 5.65 Å². The van der Waals surface area contributed by atoms with E-state index in [2.05, 4.69) is 91.8 Å². The Morgan fingerprint density at radius 3 is 2.45 bits per heavy atom. The smallest absolute Gasteiger partial charge is 0.165 e. The minimum absolute atomic E-state index is 0.121. The summed E-state index contributed by atoms with van der Waals surface area (Å²) < 4.78 is 7.72. The number of nitrogens with zero attached hydrogens (tertiary/aromatic N) is 4. The van der Waals surface area contributed by atoms with Crippen LogP contribution >= 0.6 is 23.1 Å². The maximum Gasteiger partial charge on any atom is 0.165 e. The average Bonchev–Trinajstić information content (AvgIpc) is 3.62. The van der Waals surface area contributed by atoms with Crippen LogP contribution in [-0.4, -0.2) is 40.8 Å². The van der Waals surface area contributed by atoms with Crippen molar-refractivity contribution in [3.63, 3.8) is 0 Å². The predicted molar refractivity (Wildman–Crippen MR) is 155 cm³/mol. The maximum absolute atomic E-state index is 6.16. The van der Waals surface area contributed by atoms with Crippen molar-refractivity contribution < 1.29 is 4.74 Å². The minimum atomic E-state index is -0.121. The van der Waals surface area contributed by atoms with Crippen molar-refractivity contribution in [2.75, 3.05) is 31.2 Å². The molecule has 5 aromatic rings. The van der Waals surface area contributed by atoms with Crippen LogP contribution in [0.2, 0.25) is 0 Å². The molecule has 1 aliphatic carbocycles. The van der Waals surface area contributed by atoms with Gasteiger partial charge in [0.05, 0.1) is 24.4 Å². The Balaban J connectivity index is 1.33. The van der Waals surface area contributed by atoms with Crippen molar-refractivity contribution in [2.45, 2.75) is 24.8 Å². The van der Waals surface area contributed by atoms with Crippen LogP contribution in [0.15, 0.2) is 77.5 Å². The molecule has 0 unspecified atom stereocenters. The number of aromatic nitrogens is 3. The summed E-state index contributed by atoms with van der Waals surface area (Å²) in [6.07, 6.45) is 3.30. The molecule has 192 valence electrons. The number of anilines is 1. The van der Waals surface area contributed by atoms with Gasteiger partial charge in [-0.3, -0.25) is 4.57 Å². The normalized spacial score (nSPS) is 17.0. The molecule has 3 aromatic heterocycles. The van der Waals surface area contributed by atoms with Crippen LogP contribution in [0.25, 0.3) is 39.5 Å². The number of nitrogens with one attached hydrogen (secondary N) is 1. The quantitative estimate of drug-likeness (QED) is 0.240. The number of halogens is 1. The maximum atomic E-state index is 6.16. The summed E-state index contributed by atoms with van der Waals surface area (Å²) in [5.74, 6) is 0.898. The lowest BCUT2D eigenvalue weighted by atomic mass is 9.73. The second-order valence-corrected chi connectivity index (χ2v) is 11.0. The molecule has 6 nitrogen and oxygen atoms in total. The molecule has 7 rings (SSSR count). The zero-order chi connectivity index (χ0) is 25.5. The summed E-state index contributed by atoms with van der Waals surface area (Å²) in [4.78, 5) is 15.6. The van der Waals surface area contributed by atoms with Gasteiger partial charge >= 0.3 is 0 Å². The standard InChI is InChI=1S/C30H28ClN5OS/c31-34-30(12-2-13-30)23-5-7-24(8-6-23)36-28(22-11-18-38-20-22)33-27-10-9-26(32-29(27)36)21-3-1-4-25(19-21)35-14-16-37-17-15-35/h1,3-11,18-20,34H,2,12-17H2. The number of fused-ring (bicyclic) bond motifs is 1. The van der Waals surface area contributed by atoms with Crippen molar-refractivity contribution >= 4 is 40.0 Å². The molecule has 2 aliphatic rings. The molecule has 0 amide bonds. The van der Waals surface area contributed by atoms with Gasteiger partial charge < -0.3 is 9.64 Å². The van der Waals surface area contributed by atoms with Crippen LogP contribution < -0.4 is 9.74 Å². The first-order valence-electron chi connectivity index (χ1n) is 13.1. The third-order valence-electron chi connectivity index (χ3n) is 7.87. The summed E-state index contributed by atoms with van der Waals surface area (Å²) in [5, 5.41) is 4.23. The van der Waals surface area contributed by atoms with Gasteiger partial charge in [-0.05, 0) is 84.4 Å². The highest BCUT2D eigenvalue weighted by atomic mass is 35.5. The Morgan fingerprint density at radius 1 is 0.895 bits per heavy atom. The highest BCUT2D eigenvalue weighted by Gasteiger charge is 2.38. The molecule has 2 fully saturated rings. The van der Waals surface area contributed by atoms with Crippen molar-refractivity contribution in [3.8, 4) is 28.3 Å². The number of ether oxygens (including phenoxy) is 1. The number of imidazole rings is 1. The van der Waals surface area contributed by atoms with Gasteiger partial charge in [-0.1, -0.05) is 24.3 Å². The molecular weight excluding hydrogens is 514 g/mol. The molecule has 0 spiro atoms. The van der Waals surface area contributed by atoms with E-state index >= 15 is 0 Å².